The van der Waals surface area contributed by atoms with E-state index in [1.165, 1.54) is 35.0 Å². The van der Waals surface area contributed by atoms with Gasteiger partial charge in [-0.3, -0.25) is 14.9 Å². The quantitative estimate of drug-likeness (QED) is 0.240. The normalized spacial score (nSPS) is 10.9. The molecule has 0 fully saturated rings. The molecule has 0 saturated heterocycles. The Kier molecular flexibility index (Phi) is 5.83. The number of aromatic hydroxyl groups is 2. The number of nitro benzene ring substituents is 1. The van der Waals surface area contributed by atoms with Crippen molar-refractivity contribution in [2.75, 3.05) is 0 Å². The van der Waals surface area contributed by atoms with Gasteiger partial charge in [0.1, 0.15) is 5.69 Å². The molecule has 0 saturated carbocycles. The van der Waals surface area contributed by atoms with Crippen molar-refractivity contribution in [3.8, 4) is 11.5 Å². The Morgan fingerprint density at radius 1 is 1.21 bits per heavy atom. The molecule has 0 aliphatic heterocycles. The van der Waals surface area contributed by atoms with Crippen LogP contribution in [0, 0.1) is 10.1 Å². The lowest BCUT2D eigenvalue weighted by Crippen LogP contribution is -2.20. The molecule has 0 bridgehead atoms. The number of aromatic nitrogens is 3. The highest BCUT2D eigenvalue weighted by Gasteiger charge is 2.13. The van der Waals surface area contributed by atoms with Crippen molar-refractivity contribution in [3.05, 3.63) is 81.7 Å². The van der Waals surface area contributed by atoms with Gasteiger partial charge in [-0.1, -0.05) is 29.5 Å². The molecule has 3 aromatic rings. The molecular weight excluding hydrogens is 378 g/mol. The molecule has 2 aromatic carbocycles. The molecule has 0 atom stereocenters. The summed E-state index contributed by atoms with van der Waals surface area (Å²) in [6.07, 6.45) is 4.36. The second-order valence-electron chi connectivity index (χ2n) is 6.09. The number of para-hydroxylation sites is 1. The van der Waals surface area contributed by atoms with Crippen LogP contribution < -0.4 is 5.32 Å². The van der Waals surface area contributed by atoms with Gasteiger partial charge in [0.05, 0.1) is 29.8 Å². The molecular formula is C19H17N5O5. The van der Waals surface area contributed by atoms with Crippen LogP contribution in [0.15, 0.2) is 54.7 Å². The summed E-state index contributed by atoms with van der Waals surface area (Å²) in [5, 5.41) is 40.3. The minimum atomic E-state index is -0.451. The topological polar surface area (TPSA) is 143 Å². The fourth-order valence-electron chi connectivity index (χ4n) is 2.55. The van der Waals surface area contributed by atoms with Gasteiger partial charge in [0.2, 0.25) is 5.91 Å². The summed E-state index contributed by atoms with van der Waals surface area (Å²) < 4.78 is 1.46. The number of nitrogens with one attached hydrogen (secondary N) is 1. The summed E-state index contributed by atoms with van der Waals surface area (Å²) in [7, 11) is 0. The molecule has 0 radical (unpaired) electrons. The third-order valence-electron chi connectivity index (χ3n) is 3.98. The summed E-state index contributed by atoms with van der Waals surface area (Å²) in [5.74, 6) is -0.899. The minimum absolute atomic E-state index is 0.00302. The molecule has 1 aromatic heterocycles. The first-order valence-corrected chi connectivity index (χ1v) is 8.51. The van der Waals surface area contributed by atoms with Crippen LogP contribution in [0.1, 0.15) is 16.8 Å². The summed E-state index contributed by atoms with van der Waals surface area (Å²) >= 11 is 0. The van der Waals surface area contributed by atoms with E-state index in [9.17, 15) is 25.1 Å². The fraction of sp³-hybridized carbons (Fsp3) is 0.105. The molecule has 0 aliphatic carbocycles. The number of benzene rings is 2. The van der Waals surface area contributed by atoms with Crippen molar-refractivity contribution in [3.63, 3.8) is 0 Å². The minimum Gasteiger partial charge on any atom is -0.504 e. The highest BCUT2D eigenvalue weighted by molar-refractivity contribution is 5.91. The monoisotopic (exact) mass is 395 g/mol. The maximum Gasteiger partial charge on any atom is 0.274 e. The highest BCUT2D eigenvalue weighted by Crippen LogP contribution is 2.25. The summed E-state index contributed by atoms with van der Waals surface area (Å²) in [6, 6.07) is 10.6. The smallest absolute Gasteiger partial charge is 0.274 e. The second kappa shape index (κ2) is 8.65. The predicted octanol–water partition coefficient (Wildman–Crippen LogP) is 1.98. The zero-order valence-electron chi connectivity index (χ0n) is 15.1. The molecule has 148 valence electrons. The van der Waals surface area contributed by atoms with Crippen molar-refractivity contribution >= 4 is 17.7 Å². The lowest BCUT2D eigenvalue weighted by Gasteiger charge is -2.02. The molecule has 1 heterocycles. The molecule has 3 rings (SSSR count). The highest BCUT2D eigenvalue weighted by atomic mass is 16.6. The Bertz CT molecular complexity index is 1080. The largest absolute Gasteiger partial charge is 0.504 e. The van der Waals surface area contributed by atoms with E-state index in [4.69, 9.17) is 0 Å². The van der Waals surface area contributed by atoms with Gasteiger partial charge in [-0.2, -0.15) is 0 Å². The maximum atomic E-state index is 11.9. The van der Waals surface area contributed by atoms with Gasteiger partial charge in [0.25, 0.3) is 5.69 Å². The lowest BCUT2D eigenvalue weighted by molar-refractivity contribution is -0.385. The third kappa shape index (κ3) is 5.16. The van der Waals surface area contributed by atoms with Gasteiger partial charge in [0, 0.05) is 12.1 Å². The molecule has 1 amide bonds. The van der Waals surface area contributed by atoms with Gasteiger partial charge in [-0.05, 0) is 23.8 Å². The number of carbonyl (C=O) groups is 1. The van der Waals surface area contributed by atoms with Crippen LogP contribution in [-0.4, -0.2) is 36.0 Å². The Labute approximate surface area is 164 Å². The van der Waals surface area contributed by atoms with Crippen LogP contribution in [0.3, 0.4) is 0 Å². The van der Waals surface area contributed by atoms with Crippen molar-refractivity contribution in [1.29, 1.82) is 0 Å². The van der Waals surface area contributed by atoms with Gasteiger partial charge < -0.3 is 15.5 Å². The zero-order valence-corrected chi connectivity index (χ0v) is 15.1. The number of nitro groups is 1. The number of rotatable bonds is 7. The zero-order chi connectivity index (χ0) is 20.8. The first-order valence-electron chi connectivity index (χ1n) is 8.51. The molecule has 0 aliphatic rings. The van der Waals surface area contributed by atoms with Gasteiger partial charge in [0.15, 0.2) is 11.5 Å². The Hall–Kier alpha value is -4.21. The Morgan fingerprint density at radius 3 is 2.76 bits per heavy atom. The lowest BCUT2D eigenvalue weighted by atomic mass is 10.2. The van der Waals surface area contributed by atoms with Gasteiger partial charge in [-0.25, -0.2) is 4.68 Å². The standard InChI is InChI=1S/C19H17N5O5/c25-17-7-5-13(9-18(17)26)6-8-19(27)20-10-15-12-23(22-21-15)11-14-3-1-2-4-16(14)24(28)29/h1-9,12,25-26H,10-11H2,(H,20,27)/b8-6+. The molecule has 10 heteroatoms. The van der Waals surface area contributed by atoms with Crippen molar-refractivity contribution in [1.82, 2.24) is 20.3 Å². The van der Waals surface area contributed by atoms with Crippen molar-refractivity contribution < 1.29 is 19.9 Å². The SMILES string of the molecule is O=C(/C=C/c1ccc(O)c(O)c1)NCc1cn(Cc2ccccc2[N+](=O)[O-])nn1. The number of hydrogen-bond acceptors (Lipinski definition) is 7. The number of phenols is 2. The van der Waals surface area contributed by atoms with E-state index in [-0.39, 0.29) is 36.2 Å². The van der Waals surface area contributed by atoms with Crippen molar-refractivity contribution in [2.24, 2.45) is 0 Å². The number of hydrogen-bond donors (Lipinski definition) is 3. The van der Waals surface area contributed by atoms with E-state index in [0.29, 0.717) is 16.8 Å². The van der Waals surface area contributed by atoms with E-state index < -0.39 is 4.92 Å². The third-order valence-corrected chi connectivity index (χ3v) is 3.98. The van der Waals surface area contributed by atoms with Gasteiger partial charge >= 0.3 is 0 Å². The Morgan fingerprint density at radius 2 is 2.00 bits per heavy atom. The second-order valence-corrected chi connectivity index (χ2v) is 6.09. The summed E-state index contributed by atoms with van der Waals surface area (Å²) in [4.78, 5) is 22.5. The van der Waals surface area contributed by atoms with E-state index in [1.54, 1.807) is 30.5 Å². The number of phenolic OH excluding ortho intramolecular Hbond substituents is 2. The molecule has 29 heavy (non-hydrogen) atoms. The van der Waals surface area contributed by atoms with Crippen LogP contribution >= 0.6 is 0 Å². The van der Waals surface area contributed by atoms with Crippen molar-refractivity contribution in [2.45, 2.75) is 13.1 Å². The van der Waals surface area contributed by atoms with E-state index in [1.807, 2.05) is 0 Å². The first-order chi connectivity index (χ1) is 13.9. The van der Waals surface area contributed by atoms with E-state index in [2.05, 4.69) is 15.6 Å². The fourth-order valence-corrected chi connectivity index (χ4v) is 2.55. The molecule has 0 spiro atoms. The van der Waals surface area contributed by atoms with E-state index in [0.717, 1.165) is 0 Å². The van der Waals surface area contributed by atoms with Gasteiger partial charge in [-0.15, -0.1) is 5.10 Å². The summed E-state index contributed by atoms with van der Waals surface area (Å²) in [6.45, 7) is 0.309. The molecule has 3 N–H and O–H groups in total. The Balaban J connectivity index is 1.56. The predicted molar refractivity (Wildman–Crippen MR) is 103 cm³/mol. The van der Waals surface area contributed by atoms with E-state index >= 15 is 0 Å². The number of carbonyl (C=O) groups excluding carboxylic acids is 1. The first kappa shape index (κ1) is 19.5. The molecule has 10 nitrogen and oxygen atoms in total. The van der Waals surface area contributed by atoms with Crippen LogP contribution in [0.25, 0.3) is 6.08 Å². The average Bonchev–Trinajstić information content (AvgIpc) is 3.15. The number of amides is 1. The maximum absolute atomic E-state index is 11.9. The van der Waals surface area contributed by atoms with Crippen LogP contribution in [-0.2, 0) is 17.9 Å². The van der Waals surface area contributed by atoms with Crippen LogP contribution in [0.4, 0.5) is 5.69 Å². The van der Waals surface area contributed by atoms with Crippen LogP contribution in [0.5, 0.6) is 11.5 Å². The van der Waals surface area contributed by atoms with Crippen LogP contribution in [0.2, 0.25) is 0 Å². The number of nitrogens with zero attached hydrogens (tertiary/aromatic N) is 4. The average molecular weight is 395 g/mol. The molecule has 0 unspecified atom stereocenters. The summed E-state index contributed by atoms with van der Waals surface area (Å²) in [5.41, 5.74) is 1.54.